The minimum absolute atomic E-state index is 0.189. The van der Waals surface area contributed by atoms with Crippen molar-refractivity contribution in [3.8, 4) is 0 Å². The summed E-state index contributed by atoms with van der Waals surface area (Å²) in [5.74, 6) is 1.15. The van der Waals surface area contributed by atoms with Gasteiger partial charge < -0.3 is 4.52 Å². The minimum Gasteiger partial charge on any atom is -0.338 e. The molecule has 0 aromatic carbocycles. The third-order valence-corrected chi connectivity index (χ3v) is 4.38. The Morgan fingerprint density at radius 2 is 2.45 bits per heavy atom. The third kappa shape index (κ3) is 3.95. The zero-order valence-electron chi connectivity index (χ0n) is 11.7. The summed E-state index contributed by atoms with van der Waals surface area (Å²) in [5.41, 5.74) is 0.718. The molecule has 0 aliphatic rings. The van der Waals surface area contributed by atoms with Gasteiger partial charge in [0.1, 0.15) is 5.82 Å². The van der Waals surface area contributed by atoms with E-state index >= 15 is 0 Å². The van der Waals surface area contributed by atoms with Crippen molar-refractivity contribution in [2.45, 2.75) is 18.5 Å². The van der Waals surface area contributed by atoms with Gasteiger partial charge in [-0.2, -0.15) is 0 Å². The van der Waals surface area contributed by atoms with Gasteiger partial charge in [-0.25, -0.2) is 4.98 Å². The number of carbonyl (C=O) groups excluding carboxylic acids is 1. The molecule has 3 aromatic heterocycles. The van der Waals surface area contributed by atoms with Crippen LogP contribution in [0.2, 0.25) is 0 Å². The normalized spacial score (nSPS) is 10.8. The molecule has 0 fully saturated rings. The first-order valence-corrected chi connectivity index (χ1v) is 8.35. The number of H-pyrrole nitrogens is 1. The number of anilines is 1. The number of nitrogens with one attached hydrogen (secondary N) is 2. The van der Waals surface area contributed by atoms with Gasteiger partial charge in [-0.3, -0.25) is 15.2 Å². The summed E-state index contributed by atoms with van der Waals surface area (Å²) < 4.78 is 4.92. The first-order valence-electron chi connectivity index (χ1n) is 6.48. The molecule has 1 amide bonds. The van der Waals surface area contributed by atoms with Gasteiger partial charge in [0, 0.05) is 17.4 Å². The van der Waals surface area contributed by atoms with Gasteiger partial charge in [0.2, 0.25) is 16.9 Å². The smallest absolute Gasteiger partial charge is 0.237 e. The van der Waals surface area contributed by atoms with Crippen molar-refractivity contribution in [2.24, 2.45) is 0 Å². The molecule has 3 aromatic rings. The monoisotopic (exact) mass is 335 g/mol. The summed E-state index contributed by atoms with van der Waals surface area (Å²) in [5, 5.41) is 15.9. The molecule has 7 nitrogen and oxygen atoms in total. The fraction of sp³-hybridized carbons (Fsp3) is 0.231. The van der Waals surface area contributed by atoms with Crippen LogP contribution >= 0.6 is 23.1 Å². The first-order chi connectivity index (χ1) is 10.7. The number of hydrogen-bond acceptors (Lipinski definition) is 7. The van der Waals surface area contributed by atoms with Crippen molar-refractivity contribution in [1.29, 1.82) is 0 Å². The number of hydrogen-bond donors (Lipinski definition) is 2. The second-order valence-electron chi connectivity index (χ2n) is 4.49. The minimum atomic E-state index is -0.189. The number of carbonyl (C=O) groups is 1. The van der Waals surface area contributed by atoms with Crippen LogP contribution < -0.4 is 5.32 Å². The zero-order chi connectivity index (χ0) is 15.4. The molecule has 0 aliphatic carbocycles. The van der Waals surface area contributed by atoms with E-state index < -0.39 is 0 Å². The third-order valence-electron chi connectivity index (χ3n) is 2.66. The van der Waals surface area contributed by atoms with E-state index in [2.05, 4.69) is 25.7 Å². The van der Waals surface area contributed by atoms with E-state index in [0.717, 1.165) is 17.9 Å². The van der Waals surface area contributed by atoms with Crippen LogP contribution in [0, 0.1) is 6.92 Å². The van der Waals surface area contributed by atoms with Crippen molar-refractivity contribution in [3.05, 3.63) is 40.0 Å². The maximum absolute atomic E-state index is 11.8. The van der Waals surface area contributed by atoms with Crippen molar-refractivity contribution in [3.63, 3.8) is 0 Å². The molecule has 0 aliphatic heterocycles. The molecule has 3 heterocycles. The number of nitrogens with zero attached hydrogens (tertiary/aromatic N) is 3. The molecule has 114 valence electrons. The van der Waals surface area contributed by atoms with E-state index in [9.17, 15) is 4.79 Å². The predicted molar refractivity (Wildman–Crippen MR) is 84.1 cm³/mol. The van der Waals surface area contributed by atoms with Crippen molar-refractivity contribution in [2.75, 3.05) is 11.1 Å². The summed E-state index contributed by atoms with van der Waals surface area (Å²) in [6, 6.07) is 5.71. The van der Waals surface area contributed by atoms with E-state index in [1.807, 2.05) is 17.5 Å². The molecule has 0 saturated carbocycles. The molecule has 0 spiro atoms. The second-order valence-corrected chi connectivity index (χ2v) is 6.46. The van der Waals surface area contributed by atoms with E-state index in [-0.39, 0.29) is 11.7 Å². The van der Waals surface area contributed by atoms with E-state index in [1.165, 1.54) is 16.6 Å². The molecule has 3 rings (SSSR count). The number of aromatic nitrogens is 4. The van der Waals surface area contributed by atoms with Gasteiger partial charge in [0.25, 0.3) is 0 Å². The Labute approximate surface area is 134 Å². The quantitative estimate of drug-likeness (QED) is 0.672. The largest absolute Gasteiger partial charge is 0.338 e. The second kappa shape index (κ2) is 6.75. The average Bonchev–Trinajstić information content (AvgIpc) is 3.21. The van der Waals surface area contributed by atoms with Crippen LogP contribution in [0.5, 0.6) is 0 Å². The SMILES string of the molecule is Cc1cc(NC(=O)CSc2n[nH]c(Cc3cccs3)n2)on1. The Morgan fingerprint density at radius 3 is 3.18 bits per heavy atom. The number of aromatic amines is 1. The molecule has 2 N–H and O–H groups in total. The fourth-order valence-corrected chi connectivity index (χ4v) is 3.05. The van der Waals surface area contributed by atoms with Crippen LogP contribution in [0.4, 0.5) is 5.88 Å². The lowest BCUT2D eigenvalue weighted by Gasteiger charge is -1.98. The molecule has 0 bridgehead atoms. The lowest BCUT2D eigenvalue weighted by atomic mass is 10.3. The van der Waals surface area contributed by atoms with Crippen LogP contribution in [-0.2, 0) is 11.2 Å². The number of thioether (sulfide) groups is 1. The Balaban J connectivity index is 1.49. The fourth-order valence-electron chi connectivity index (χ4n) is 1.73. The Hall–Kier alpha value is -2.13. The Bertz CT molecular complexity index is 750. The number of aryl methyl sites for hydroxylation is 1. The van der Waals surface area contributed by atoms with Crippen LogP contribution in [0.1, 0.15) is 16.4 Å². The summed E-state index contributed by atoms with van der Waals surface area (Å²) in [4.78, 5) is 17.3. The molecule has 22 heavy (non-hydrogen) atoms. The van der Waals surface area contributed by atoms with Crippen LogP contribution in [0.25, 0.3) is 0 Å². The Kier molecular flexibility index (Phi) is 4.54. The van der Waals surface area contributed by atoms with Crippen molar-refractivity contribution >= 4 is 34.9 Å². The molecule has 9 heteroatoms. The number of amides is 1. The average molecular weight is 335 g/mol. The standard InChI is InChI=1S/C13H13N5O2S2/c1-8-5-12(20-18-8)15-11(19)7-22-13-14-10(16-17-13)6-9-3-2-4-21-9/h2-5H,6-7H2,1H3,(H,15,19)(H,14,16,17). The topological polar surface area (TPSA) is 96.7 Å². The van der Waals surface area contributed by atoms with Crippen molar-refractivity contribution < 1.29 is 9.32 Å². The van der Waals surface area contributed by atoms with Gasteiger partial charge in [0.15, 0.2) is 0 Å². The molecule has 0 atom stereocenters. The summed E-state index contributed by atoms with van der Waals surface area (Å²) in [6.45, 7) is 1.79. The van der Waals surface area contributed by atoms with E-state index in [1.54, 1.807) is 24.3 Å². The molecule has 0 unspecified atom stereocenters. The predicted octanol–water partition coefficient (Wildman–Crippen LogP) is 2.48. The van der Waals surface area contributed by atoms with Crippen molar-refractivity contribution in [1.82, 2.24) is 20.3 Å². The first kappa shape index (κ1) is 14.8. The van der Waals surface area contributed by atoms with Crippen LogP contribution in [0.3, 0.4) is 0 Å². The molecular formula is C13H13N5O2S2. The maximum Gasteiger partial charge on any atom is 0.237 e. The lowest BCUT2D eigenvalue weighted by molar-refractivity contribution is -0.113. The highest BCUT2D eigenvalue weighted by Crippen LogP contribution is 2.17. The molecule has 0 saturated heterocycles. The highest BCUT2D eigenvalue weighted by molar-refractivity contribution is 7.99. The molecular weight excluding hydrogens is 322 g/mol. The highest BCUT2D eigenvalue weighted by atomic mass is 32.2. The van der Waals surface area contributed by atoms with Gasteiger partial charge in [0.05, 0.1) is 11.4 Å². The summed E-state index contributed by atoms with van der Waals surface area (Å²) in [6.07, 6.45) is 0.717. The summed E-state index contributed by atoms with van der Waals surface area (Å²) >= 11 is 2.94. The van der Waals surface area contributed by atoms with Gasteiger partial charge in [-0.1, -0.05) is 23.0 Å². The van der Waals surface area contributed by atoms with Crippen LogP contribution in [-0.4, -0.2) is 32.0 Å². The van der Waals surface area contributed by atoms with Crippen LogP contribution in [0.15, 0.2) is 33.3 Å². The number of rotatable bonds is 6. The van der Waals surface area contributed by atoms with E-state index in [0.29, 0.717) is 11.0 Å². The summed E-state index contributed by atoms with van der Waals surface area (Å²) in [7, 11) is 0. The highest BCUT2D eigenvalue weighted by Gasteiger charge is 2.10. The van der Waals surface area contributed by atoms with Gasteiger partial charge in [-0.15, -0.1) is 16.4 Å². The van der Waals surface area contributed by atoms with E-state index in [4.69, 9.17) is 4.52 Å². The van der Waals surface area contributed by atoms with Gasteiger partial charge >= 0.3 is 0 Å². The number of thiophene rings is 1. The lowest BCUT2D eigenvalue weighted by Crippen LogP contribution is -2.13. The maximum atomic E-state index is 11.8. The zero-order valence-corrected chi connectivity index (χ0v) is 13.3. The molecule has 0 radical (unpaired) electrons. The Morgan fingerprint density at radius 1 is 1.55 bits per heavy atom. The van der Waals surface area contributed by atoms with Gasteiger partial charge in [-0.05, 0) is 18.4 Å².